The first-order chi connectivity index (χ1) is 10.4. The maximum Gasteiger partial charge on any atom is 0.254 e. The fraction of sp³-hybridized carbons (Fsp3) is 0.278. The summed E-state index contributed by atoms with van der Waals surface area (Å²) in [5.74, 6) is -0.413. The molecule has 0 aliphatic carbocycles. The van der Waals surface area contributed by atoms with Gasteiger partial charge in [-0.2, -0.15) is 0 Å². The molecule has 2 aromatic rings. The molecule has 116 valence electrons. The van der Waals surface area contributed by atoms with Crippen molar-refractivity contribution in [2.24, 2.45) is 0 Å². The van der Waals surface area contributed by atoms with Crippen LogP contribution in [0.1, 0.15) is 38.7 Å². The number of amides is 1. The van der Waals surface area contributed by atoms with Crippen LogP contribution in [0.2, 0.25) is 0 Å². The van der Waals surface area contributed by atoms with Crippen LogP contribution in [0.15, 0.2) is 36.4 Å². The quantitative estimate of drug-likeness (QED) is 0.813. The number of nitrogens with one attached hydrogen (secondary N) is 1. The highest BCUT2D eigenvalue weighted by atomic mass is 16.3. The summed E-state index contributed by atoms with van der Waals surface area (Å²) < 4.78 is 0. The number of hydrogen-bond acceptors (Lipinski definition) is 3. The predicted molar refractivity (Wildman–Crippen MR) is 86.1 cm³/mol. The van der Waals surface area contributed by atoms with Crippen LogP contribution in [0, 0.1) is 13.8 Å². The molecule has 0 aromatic heterocycles. The van der Waals surface area contributed by atoms with E-state index < -0.39 is 6.10 Å². The minimum atomic E-state index is -0.650. The molecule has 1 amide bonds. The molecule has 0 fully saturated rings. The van der Waals surface area contributed by atoms with Crippen LogP contribution in [-0.4, -0.2) is 23.2 Å². The number of phenolic OH excluding ortho intramolecular Hbond substituents is 1. The SMILES string of the molecule is CNC(=O)c1cc(CC(O)c2ccc(C)cc2C)ccc1O. The lowest BCUT2D eigenvalue weighted by molar-refractivity contribution is 0.0960. The molecule has 2 aromatic carbocycles. The van der Waals surface area contributed by atoms with E-state index in [9.17, 15) is 15.0 Å². The molecular formula is C18H21NO3. The molecule has 0 spiro atoms. The number of rotatable bonds is 4. The molecule has 3 N–H and O–H groups in total. The van der Waals surface area contributed by atoms with Crippen LogP contribution in [0.25, 0.3) is 0 Å². The zero-order chi connectivity index (χ0) is 16.3. The molecule has 0 radical (unpaired) electrons. The average molecular weight is 299 g/mol. The smallest absolute Gasteiger partial charge is 0.254 e. The van der Waals surface area contributed by atoms with Crippen molar-refractivity contribution in [1.29, 1.82) is 0 Å². The minimum Gasteiger partial charge on any atom is -0.507 e. The van der Waals surface area contributed by atoms with Crippen LogP contribution in [-0.2, 0) is 6.42 Å². The van der Waals surface area contributed by atoms with Crippen molar-refractivity contribution >= 4 is 5.91 Å². The molecule has 0 heterocycles. The van der Waals surface area contributed by atoms with Gasteiger partial charge in [-0.1, -0.05) is 29.8 Å². The van der Waals surface area contributed by atoms with E-state index in [0.29, 0.717) is 6.42 Å². The molecular weight excluding hydrogens is 278 g/mol. The summed E-state index contributed by atoms with van der Waals surface area (Å²) in [6.07, 6.45) is -0.267. The first-order valence-corrected chi connectivity index (χ1v) is 7.21. The van der Waals surface area contributed by atoms with Gasteiger partial charge in [0.1, 0.15) is 5.75 Å². The number of carbonyl (C=O) groups is 1. The Kier molecular flexibility index (Phi) is 4.83. The monoisotopic (exact) mass is 299 g/mol. The van der Waals surface area contributed by atoms with Gasteiger partial charge in [-0.15, -0.1) is 0 Å². The lowest BCUT2D eigenvalue weighted by Gasteiger charge is -2.15. The zero-order valence-electron chi connectivity index (χ0n) is 13.1. The first-order valence-electron chi connectivity index (χ1n) is 7.21. The maximum atomic E-state index is 11.7. The predicted octanol–water partition coefficient (Wildman–Crippen LogP) is 2.64. The van der Waals surface area contributed by atoms with E-state index in [1.165, 1.54) is 13.1 Å². The first kappa shape index (κ1) is 16.0. The molecule has 2 rings (SSSR count). The number of benzene rings is 2. The van der Waals surface area contributed by atoms with Gasteiger partial charge in [0.05, 0.1) is 11.7 Å². The fourth-order valence-corrected chi connectivity index (χ4v) is 2.56. The van der Waals surface area contributed by atoms with Crippen LogP contribution in [0.3, 0.4) is 0 Å². The van der Waals surface area contributed by atoms with Gasteiger partial charge in [-0.3, -0.25) is 4.79 Å². The van der Waals surface area contributed by atoms with E-state index in [1.54, 1.807) is 12.1 Å². The van der Waals surface area contributed by atoms with Gasteiger partial charge >= 0.3 is 0 Å². The van der Waals surface area contributed by atoms with Crippen LogP contribution < -0.4 is 5.32 Å². The molecule has 0 saturated heterocycles. The Balaban J connectivity index is 2.25. The summed E-state index contributed by atoms with van der Waals surface area (Å²) in [5.41, 5.74) is 4.08. The third kappa shape index (κ3) is 3.46. The maximum absolute atomic E-state index is 11.7. The van der Waals surface area contributed by atoms with E-state index in [4.69, 9.17) is 0 Å². The highest BCUT2D eigenvalue weighted by molar-refractivity contribution is 5.96. The summed E-state index contributed by atoms with van der Waals surface area (Å²) in [6.45, 7) is 3.98. The van der Waals surface area contributed by atoms with Crippen molar-refractivity contribution in [3.63, 3.8) is 0 Å². The minimum absolute atomic E-state index is 0.0656. The molecule has 4 nitrogen and oxygen atoms in total. The second-order valence-electron chi connectivity index (χ2n) is 5.51. The summed E-state index contributed by atoms with van der Waals surface area (Å²) >= 11 is 0. The van der Waals surface area contributed by atoms with E-state index >= 15 is 0 Å². The van der Waals surface area contributed by atoms with Crippen molar-refractivity contribution < 1.29 is 15.0 Å². The summed E-state index contributed by atoms with van der Waals surface area (Å²) in [5, 5.41) is 22.7. The van der Waals surface area contributed by atoms with Crippen LogP contribution in [0.4, 0.5) is 0 Å². The second kappa shape index (κ2) is 6.62. The van der Waals surface area contributed by atoms with Gasteiger partial charge in [-0.05, 0) is 42.7 Å². The summed E-state index contributed by atoms with van der Waals surface area (Å²) in [7, 11) is 1.51. The zero-order valence-corrected chi connectivity index (χ0v) is 13.1. The number of phenols is 1. The van der Waals surface area contributed by atoms with Crippen LogP contribution >= 0.6 is 0 Å². The molecule has 0 aliphatic heterocycles. The van der Waals surface area contributed by atoms with Gasteiger partial charge in [0, 0.05) is 13.5 Å². The summed E-state index contributed by atoms with van der Waals surface area (Å²) in [4.78, 5) is 11.7. The molecule has 22 heavy (non-hydrogen) atoms. The second-order valence-corrected chi connectivity index (χ2v) is 5.51. The van der Waals surface area contributed by atoms with Gasteiger partial charge in [0.2, 0.25) is 0 Å². The van der Waals surface area contributed by atoms with E-state index in [2.05, 4.69) is 5.32 Å². The van der Waals surface area contributed by atoms with Gasteiger partial charge in [0.15, 0.2) is 0 Å². The normalized spacial score (nSPS) is 12.0. The number of aliphatic hydroxyl groups excluding tert-OH is 1. The Morgan fingerprint density at radius 3 is 2.55 bits per heavy atom. The Bertz CT molecular complexity index is 695. The average Bonchev–Trinajstić information content (AvgIpc) is 2.48. The third-order valence-corrected chi connectivity index (χ3v) is 3.75. The van der Waals surface area contributed by atoms with Crippen molar-refractivity contribution in [1.82, 2.24) is 5.32 Å². The van der Waals surface area contributed by atoms with E-state index in [-0.39, 0.29) is 17.2 Å². The Morgan fingerprint density at radius 2 is 1.91 bits per heavy atom. The fourth-order valence-electron chi connectivity index (χ4n) is 2.56. The standard InChI is InChI=1S/C18H21NO3/c1-11-4-6-14(12(2)8-11)17(21)10-13-5-7-16(20)15(9-13)18(22)19-3/h4-9,17,20-21H,10H2,1-3H3,(H,19,22). The molecule has 0 saturated carbocycles. The third-order valence-electron chi connectivity index (χ3n) is 3.75. The number of aromatic hydroxyl groups is 1. The van der Waals surface area contributed by atoms with Gasteiger partial charge in [0.25, 0.3) is 5.91 Å². The molecule has 1 unspecified atom stereocenters. The van der Waals surface area contributed by atoms with Crippen LogP contribution in [0.5, 0.6) is 5.75 Å². The van der Waals surface area contributed by atoms with E-state index in [1.807, 2.05) is 32.0 Å². The molecule has 1 atom stereocenters. The number of carbonyl (C=O) groups excluding carboxylic acids is 1. The lowest BCUT2D eigenvalue weighted by atomic mass is 9.95. The highest BCUT2D eigenvalue weighted by Gasteiger charge is 2.15. The highest BCUT2D eigenvalue weighted by Crippen LogP contribution is 2.25. The molecule has 4 heteroatoms. The topological polar surface area (TPSA) is 69.6 Å². The molecule has 0 bridgehead atoms. The lowest BCUT2D eigenvalue weighted by Crippen LogP contribution is -2.18. The van der Waals surface area contributed by atoms with Gasteiger partial charge < -0.3 is 15.5 Å². The van der Waals surface area contributed by atoms with Crippen molar-refractivity contribution in [3.05, 3.63) is 64.2 Å². The Hall–Kier alpha value is -2.33. The summed E-state index contributed by atoms with van der Waals surface area (Å²) in [6, 6.07) is 10.7. The number of aryl methyl sites for hydroxylation is 2. The number of aliphatic hydroxyl groups is 1. The van der Waals surface area contributed by atoms with Crippen molar-refractivity contribution in [2.75, 3.05) is 7.05 Å². The molecule has 0 aliphatic rings. The Morgan fingerprint density at radius 1 is 1.18 bits per heavy atom. The Labute approximate surface area is 130 Å². The van der Waals surface area contributed by atoms with Crippen molar-refractivity contribution in [2.45, 2.75) is 26.4 Å². The number of hydrogen-bond donors (Lipinski definition) is 3. The van der Waals surface area contributed by atoms with Crippen molar-refractivity contribution in [3.8, 4) is 5.75 Å². The largest absolute Gasteiger partial charge is 0.507 e. The van der Waals surface area contributed by atoms with Gasteiger partial charge in [-0.25, -0.2) is 0 Å². The van der Waals surface area contributed by atoms with E-state index in [0.717, 1.165) is 22.3 Å².